The Morgan fingerprint density at radius 3 is 2.63 bits per heavy atom. The summed E-state index contributed by atoms with van der Waals surface area (Å²) in [4.78, 5) is 20.7. The second-order valence-electron chi connectivity index (χ2n) is 6.77. The summed E-state index contributed by atoms with van der Waals surface area (Å²) in [5, 5.41) is 2.11. The van der Waals surface area contributed by atoms with Crippen molar-refractivity contribution >= 4 is 5.91 Å². The van der Waals surface area contributed by atoms with Gasteiger partial charge in [-0.25, -0.2) is 9.37 Å². The van der Waals surface area contributed by atoms with Crippen molar-refractivity contribution < 1.29 is 22.4 Å². The number of piperidine rings is 1. The van der Waals surface area contributed by atoms with Crippen LogP contribution in [0.2, 0.25) is 0 Å². The maximum absolute atomic E-state index is 13.2. The van der Waals surface area contributed by atoms with Gasteiger partial charge in [0.15, 0.2) is 0 Å². The molecule has 1 fully saturated rings. The van der Waals surface area contributed by atoms with Crippen LogP contribution in [0.1, 0.15) is 29.4 Å². The van der Waals surface area contributed by atoms with Crippen molar-refractivity contribution in [3.05, 3.63) is 53.4 Å². The quantitative estimate of drug-likeness (QED) is 0.797. The van der Waals surface area contributed by atoms with Gasteiger partial charge in [0.25, 0.3) is 0 Å². The second-order valence-corrected chi connectivity index (χ2v) is 6.77. The fraction of sp³-hybridized carbons (Fsp3) is 0.444. The Kier molecular flexibility index (Phi) is 5.50. The van der Waals surface area contributed by atoms with Gasteiger partial charge in [-0.1, -0.05) is 12.1 Å². The molecule has 1 saturated heterocycles. The Balaban J connectivity index is 1.77. The van der Waals surface area contributed by atoms with Crippen LogP contribution in [-0.2, 0) is 11.3 Å². The van der Waals surface area contributed by atoms with Crippen molar-refractivity contribution in [3.63, 3.8) is 0 Å². The van der Waals surface area contributed by atoms with E-state index in [1.165, 1.54) is 12.1 Å². The van der Waals surface area contributed by atoms with Gasteiger partial charge in [-0.3, -0.25) is 9.69 Å². The van der Waals surface area contributed by atoms with E-state index in [0.717, 1.165) is 5.69 Å². The maximum atomic E-state index is 13.2. The molecule has 0 saturated carbocycles. The fourth-order valence-corrected chi connectivity index (χ4v) is 3.43. The van der Waals surface area contributed by atoms with E-state index in [1.807, 2.05) is 11.8 Å². The molecule has 2 heterocycles. The van der Waals surface area contributed by atoms with Crippen molar-refractivity contribution in [3.8, 4) is 0 Å². The van der Waals surface area contributed by atoms with Crippen molar-refractivity contribution in [2.75, 3.05) is 13.1 Å². The van der Waals surface area contributed by atoms with Crippen LogP contribution in [0.4, 0.5) is 17.6 Å². The number of hydrogen-bond acceptors (Lipinski definition) is 3. The van der Waals surface area contributed by atoms with Gasteiger partial charge >= 0.3 is 12.1 Å². The predicted molar refractivity (Wildman–Crippen MR) is 90.3 cm³/mol. The zero-order valence-electron chi connectivity index (χ0n) is 14.7. The number of amides is 1. The largest absolute Gasteiger partial charge is 0.471 e. The van der Waals surface area contributed by atoms with Gasteiger partial charge in [-0.2, -0.15) is 13.2 Å². The lowest BCUT2D eigenvalue weighted by Gasteiger charge is -2.39. The molecule has 1 aliphatic rings. The molecular weight excluding hydrogens is 364 g/mol. The number of carbonyl (C=O) groups is 1. The van der Waals surface area contributed by atoms with E-state index in [2.05, 4.69) is 15.3 Å². The molecule has 2 aromatic rings. The first kappa shape index (κ1) is 19.3. The third kappa shape index (κ3) is 4.85. The monoisotopic (exact) mass is 384 g/mol. The van der Waals surface area contributed by atoms with Crippen LogP contribution in [0, 0.1) is 12.7 Å². The summed E-state index contributed by atoms with van der Waals surface area (Å²) >= 11 is 0. The van der Waals surface area contributed by atoms with Crippen LogP contribution in [0.5, 0.6) is 0 Å². The van der Waals surface area contributed by atoms with Gasteiger partial charge in [-0.05, 0) is 37.6 Å². The Bertz CT molecular complexity index is 787. The number of likely N-dealkylation sites (tertiary alicyclic amines) is 1. The van der Waals surface area contributed by atoms with Gasteiger partial charge in [0.2, 0.25) is 0 Å². The number of rotatable bonds is 4. The molecule has 1 aliphatic heterocycles. The molecule has 2 atom stereocenters. The van der Waals surface area contributed by atoms with Crippen LogP contribution in [0.15, 0.2) is 30.5 Å². The van der Waals surface area contributed by atoms with Crippen LogP contribution in [-0.4, -0.2) is 46.1 Å². The predicted octanol–water partition coefficient (Wildman–Crippen LogP) is 2.89. The molecule has 0 spiro atoms. The molecule has 0 bridgehead atoms. The number of aryl methyl sites for hydroxylation is 1. The Morgan fingerprint density at radius 1 is 1.33 bits per heavy atom. The number of aromatic nitrogens is 2. The number of alkyl halides is 3. The summed E-state index contributed by atoms with van der Waals surface area (Å²) in [6.07, 6.45) is -2.73. The van der Waals surface area contributed by atoms with E-state index in [4.69, 9.17) is 0 Å². The summed E-state index contributed by atoms with van der Waals surface area (Å²) in [5.41, 5.74) is 1.60. The molecule has 27 heavy (non-hydrogen) atoms. The average molecular weight is 384 g/mol. The third-order valence-electron chi connectivity index (χ3n) is 4.70. The molecule has 1 aromatic heterocycles. The fourth-order valence-electron chi connectivity index (χ4n) is 3.43. The highest BCUT2D eigenvalue weighted by molar-refractivity contribution is 5.82. The maximum Gasteiger partial charge on any atom is 0.471 e. The molecule has 0 radical (unpaired) electrons. The van der Waals surface area contributed by atoms with Gasteiger partial charge in [0, 0.05) is 30.4 Å². The molecular formula is C18H20F4N4O. The minimum atomic E-state index is -4.95. The van der Waals surface area contributed by atoms with Crippen LogP contribution >= 0.6 is 0 Å². The van der Waals surface area contributed by atoms with Gasteiger partial charge in [0.05, 0.1) is 6.54 Å². The molecule has 2 N–H and O–H groups in total. The number of benzene rings is 1. The van der Waals surface area contributed by atoms with Gasteiger partial charge in [-0.15, -0.1) is 0 Å². The minimum absolute atomic E-state index is 0.240. The number of nitrogens with zero attached hydrogens (tertiary/aromatic N) is 2. The van der Waals surface area contributed by atoms with Crippen LogP contribution in [0.3, 0.4) is 0 Å². The number of H-pyrrole nitrogens is 1. The normalized spacial score (nSPS) is 21.2. The molecule has 1 amide bonds. The molecule has 1 aromatic carbocycles. The van der Waals surface area contributed by atoms with Gasteiger partial charge in [0.1, 0.15) is 11.6 Å². The number of aromatic amines is 1. The summed E-state index contributed by atoms with van der Waals surface area (Å²) in [6.45, 7) is 3.18. The summed E-state index contributed by atoms with van der Waals surface area (Å²) in [5.74, 6) is -1.99. The van der Waals surface area contributed by atoms with E-state index in [-0.39, 0.29) is 12.5 Å². The van der Waals surface area contributed by atoms with E-state index in [0.29, 0.717) is 30.9 Å². The summed E-state index contributed by atoms with van der Waals surface area (Å²) in [7, 11) is 0. The summed E-state index contributed by atoms with van der Waals surface area (Å²) < 4.78 is 51.4. The first-order valence-electron chi connectivity index (χ1n) is 8.58. The van der Waals surface area contributed by atoms with Crippen molar-refractivity contribution in [2.24, 2.45) is 0 Å². The summed E-state index contributed by atoms with van der Waals surface area (Å²) in [6, 6.07) is 4.91. The van der Waals surface area contributed by atoms with E-state index in [1.54, 1.807) is 18.3 Å². The van der Waals surface area contributed by atoms with E-state index >= 15 is 0 Å². The van der Waals surface area contributed by atoms with Crippen molar-refractivity contribution in [1.29, 1.82) is 0 Å². The number of nitrogens with one attached hydrogen (secondary N) is 2. The van der Waals surface area contributed by atoms with Crippen molar-refractivity contribution in [2.45, 2.75) is 38.0 Å². The number of imidazole rings is 1. The minimum Gasteiger partial charge on any atom is -0.345 e. The van der Waals surface area contributed by atoms with Crippen LogP contribution in [0.25, 0.3) is 0 Å². The number of halogens is 4. The third-order valence-corrected chi connectivity index (χ3v) is 4.70. The second kappa shape index (κ2) is 7.67. The topological polar surface area (TPSA) is 61.0 Å². The van der Waals surface area contributed by atoms with Gasteiger partial charge < -0.3 is 10.3 Å². The highest BCUT2D eigenvalue weighted by Gasteiger charge is 2.42. The van der Waals surface area contributed by atoms with E-state index in [9.17, 15) is 22.4 Å². The average Bonchev–Trinajstić information content (AvgIpc) is 3.00. The zero-order chi connectivity index (χ0) is 19.6. The highest BCUT2D eigenvalue weighted by Crippen LogP contribution is 2.30. The zero-order valence-corrected chi connectivity index (χ0v) is 14.7. The lowest BCUT2D eigenvalue weighted by molar-refractivity contribution is -0.174. The molecule has 3 rings (SSSR count). The molecule has 0 unspecified atom stereocenters. The number of carbonyl (C=O) groups excluding carboxylic acids is 1. The number of hydrogen-bond donors (Lipinski definition) is 2. The Hall–Kier alpha value is -2.42. The smallest absolute Gasteiger partial charge is 0.345 e. The molecule has 0 aliphatic carbocycles. The molecule has 5 nitrogen and oxygen atoms in total. The Labute approximate surface area is 153 Å². The molecule has 9 heteroatoms. The molecule has 146 valence electrons. The van der Waals surface area contributed by atoms with Crippen LogP contribution < -0.4 is 5.32 Å². The van der Waals surface area contributed by atoms with Crippen molar-refractivity contribution in [1.82, 2.24) is 20.2 Å². The standard InChI is InChI=1S/C18H20F4N4O/c1-11-8-23-16(24-11)10-26-7-6-14(12-2-4-13(19)5-3-12)15(9-26)25-17(27)18(20,21)22/h2-5,8,14-15H,6-7,9-10H2,1H3,(H,23,24)(H,25,27)/t14-,15-/m1/s1. The lowest BCUT2D eigenvalue weighted by Crippen LogP contribution is -2.54. The lowest BCUT2D eigenvalue weighted by atomic mass is 9.85. The van der Waals surface area contributed by atoms with E-state index < -0.39 is 23.9 Å². The Morgan fingerprint density at radius 2 is 2.04 bits per heavy atom. The SMILES string of the molecule is Cc1cnc(CN2CC[C@H](c3ccc(F)cc3)[C@H](NC(=O)C(F)(F)F)C2)[nH]1. The first-order valence-corrected chi connectivity index (χ1v) is 8.58. The highest BCUT2D eigenvalue weighted by atomic mass is 19.4. The first-order chi connectivity index (χ1) is 12.7.